The molecule has 2 aliphatic rings. The fourth-order valence-electron chi connectivity index (χ4n) is 5.88. The van der Waals surface area contributed by atoms with Gasteiger partial charge < -0.3 is 19.6 Å². The molecule has 2 aromatic carbocycles. The van der Waals surface area contributed by atoms with E-state index in [9.17, 15) is 45.4 Å². The van der Waals surface area contributed by atoms with E-state index in [2.05, 4.69) is 4.99 Å². The second-order valence-electron chi connectivity index (χ2n) is 11.0. The highest BCUT2D eigenvalue weighted by atomic mass is 19.4. The summed E-state index contributed by atoms with van der Waals surface area (Å²) in [5.74, 6) is -2.61. The predicted octanol–water partition coefficient (Wildman–Crippen LogP) is 7.01. The normalized spacial score (nSPS) is 23.2. The molecule has 1 spiro atoms. The maximum atomic E-state index is 14.0. The number of urea groups is 1. The molecule has 234 valence electrons. The third kappa shape index (κ3) is 6.42. The van der Waals surface area contributed by atoms with Gasteiger partial charge in [0.25, 0.3) is 0 Å². The lowest BCUT2D eigenvalue weighted by Crippen LogP contribution is -2.51. The van der Waals surface area contributed by atoms with Crippen LogP contribution in [0.3, 0.4) is 0 Å². The van der Waals surface area contributed by atoms with Crippen molar-refractivity contribution in [3.8, 4) is 0 Å². The van der Waals surface area contributed by atoms with Gasteiger partial charge >= 0.3 is 24.4 Å². The van der Waals surface area contributed by atoms with Crippen molar-refractivity contribution >= 4 is 17.9 Å². The number of carboxylic acids is 1. The van der Waals surface area contributed by atoms with E-state index in [0.717, 1.165) is 4.90 Å². The lowest BCUT2D eigenvalue weighted by Gasteiger charge is -2.46. The molecule has 0 aliphatic carbocycles. The van der Waals surface area contributed by atoms with Gasteiger partial charge in [0.2, 0.25) is 0 Å². The number of likely N-dealkylation sites (tertiary alicyclic amines) is 1. The number of carbonyl (C=O) groups excluding carboxylic acids is 1. The number of aliphatic imine (C=N–C) groups is 1. The number of hydrogen-bond donors (Lipinski definition) is 1. The van der Waals surface area contributed by atoms with Crippen LogP contribution in [-0.2, 0) is 21.9 Å². The Hall–Kier alpha value is -3.84. The summed E-state index contributed by atoms with van der Waals surface area (Å²) in [7, 11) is 2.58. The molecule has 43 heavy (non-hydrogen) atoms. The minimum absolute atomic E-state index is 0.0241. The van der Waals surface area contributed by atoms with Gasteiger partial charge in [0.1, 0.15) is 11.7 Å². The Bertz CT molecular complexity index is 1410. The summed E-state index contributed by atoms with van der Waals surface area (Å²) in [4.78, 5) is 32.8. The molecular weight excluding hydrogens is 587 g/mol. The number of nitrogens with zero attached hydrogens (tertiary/aromatic N) is 3. The van der Waals surface area contributed by atoms with E-state index in [4.69, 9.17) is 4.74 Å². The second kappa shape index (κ2) is 11.3. The van der Waals surface area contributed by atoms with Gasteiger partial charge in [-0.2, -0.15) is 26.3 Å². The number of piperidine rings is 1. The Morgan fingerprint density at radius 2 is 1.67 bits per heavy atom. The number of hydrogen-bond acceptors (Lipinski definition) is 4. The van der Waals surface area contributed by atoms with Gasteiger partial charge in [-0.3, -0.25) is 4.79 Å². The van der Waals surface area contributed by atoms with E-state index in [-0.39, 0.29) is 43.3 Å². The largest absolute Gasteiger partial charge is 0.484 e. The van der Waals surface area contributed by atoms with E-state index in [1.165, 1.54) is 44.2 Å². The topological polar surface area (TPSA) is 82.4 Å². The molecular formula is C29H30F7N3O4. The number of carbonyl (C=O) groups is 2. The van der Waals surface area contributed by atoms with Crippen molar-refractivity contribution in [3.63, 3.8) is 0 Å². The first-order chi connectivity index (χ1) is 19.9. The number of carboxylic acid groups (broad SMARTS) is 1. The summed E-state index contributed by atoms with van der Waals surface area (Å²) in [6.45, 7) is 2.98. The fraction of sp³-hybridized carbons (Fsp3) is 0.483. The number of halogens is 7. The molecule has 1 unspecified atom stereocenters. The van der Waals surface area contributed by atoms with Gasteiger partial charge in [0, 0.05) is 13.6 Å². The molecule has 2 amide bonds. The van der Waals surface area contributed by atoms with Crippen LogP contribution in [0.5, 0.6) is 0 Å². The maximum Gasteiger partial charge on any atom is 0.416 e. The number of rotatable bonds is 4. The number of ether oxygens (including phenoxy) is 1. The first-order valence-corrected chi connectivity index (χ1v) is 13.3. The Labute approximate surface area is 242 Å². The van der Waals surface area contributed by atoms with Gasteiger partial charge in [-0.1, -0.05) is 6.07 Å². The van der Waals surface area contributed by atoms with E-state index < -0.39 is 64.8 Å². The van der Waals surface area contributed by atoms with Crippen molar-refractivity contribution in [3.05, 3.63) is 70.0 Å². The van der Waals surface area contributed by atoms with Crippen molar-refractivity contribution in [2.45, 2.75) is 63.1 Å². The molecule has 2 aromatic rings. The molecule has 4 atom stereocenters. The highest BCUT2D eigenvalue weighted by Crippen LogP contribution is 2.47. The molecule has 2 aliphatic heterocycles. The summed E-state index contributed by atoms with van der Waals surface area (Å²) in [5.41, 5.74) is -3.25. The van der Waals surface area contributed by atoms with Crippen molar-refractivity contribution in [2.24, 2.45) is 10.9 Å². The molecule has 0 saturated carbocycles. The third-order valence-electron chi connectivity index (χ3n) is 8.32. The zero-order chi connectivity index (χ0) is 32.1. The van der Waals surface area contributed by atoms with Gasteiger partial charge in [-0.15, -0.1) is 0 Å². The van der Waals surface area contributed by atoms with E-state index in [1.807, 2.05) is 0 Å². The highest BCUT2D eigenvalue weighted by molar-refractivity contribution is 5.98. The first-order valence-electron chi connectivity index (χ1n) is 13.3. The fourth-order valence-corrected chi connectivity index (χ4v) is 5.88. The summed E-state index contributed by atoms with van der Waals surface area (Å²) in [5, 5.41) is 9.69. The first kappa shape index (κ1) is 32.1. The number of alkyl halides is 6. The van der Waals surface area contributed by atoms with Crippen LogP contribution in [0.15, 0.2) is 41.4 Å². The Balaban J connectivity index is 1.71. The zero-order valence-corrected chi connectivity index (χ0v) is 23.7. The van der Waals surface area contributed by atoms with Crippen LogP contribution < -0.4 is 0 Å². The molecule has 1 saturated heterocycles. The number of benzene rings is 2. The minimum atomic E-state index is -5.05. The molecule has 1 fully saturated rings. The molecule has 0 bridgehead atoms. The van der Waals surface area contributed by atoms with Crippen molar-refractivity contribution in [1.82, 2.24) is 9.80 Å². The summed E-state index contributed by atoms with van der Waals surface area (Å²) >= 11 is 0. The Morgan fingerprint density at radius 1 is 1.07 bits per heavy atom. The number of aliphatic carboxylic acids is 1. The van der Waals surface area contributed by atoms with Gasteiger partial charge in [0.05, 0.1) is 35.9 Å². The van der Waals surface area contributed by atoms with E-state index in [1.54, 1.807) is 6.92 Å². The average Bonchev–Trinajstić information content (AvgIpc) is 3.29. The highest BCUT2D eigenvalue weighted by Gasteiger charge is 2.51. The van der Waals surface area contributed by atoms with Crippen LogP contribution in [0.25, 0.3) is 0 Å². The van der Waals surface area contributed by atoms with Crippen LogP contribution in [-0.4, -0.2) is 59.0 Å². The number of methoxy groups -OCH3 is 1. The maximum absolute atomic E-state index is 14.0. The second-order valence-corrected chi connectivity index (χ2v) is 11.0. The third-order valence-corrected chi connectivity index (χ3v) is 8.32. The average molecular weight is 618 g/mol. The predicted molar refractivity (Wildman–Crippen MR) is 141 cm³/mol. The zero-order valence-electron chi connectivity index (χ0n) is 23.7. The monoisotopic (exact) mass is 617 g/mol. The van der Waals surface area contributed by atoms with Crippen LogP contribution in [0.1, 0.15) is 66.1 Å². The standard InChI is InChI=1S/C29H30F7N3O4/c1-15-9-20(30)5-6-21(15)23-14-27(13-22(25(40)41)24(37-27)43-4)7-8-39(23)26(42)38(3)16(2)17-10-18(28(31,32)33)12-19(11-17)29(34,35)36/h5-6,9-12,16,22-23H,7-8,13-14H2,1-4H3,(H,40,41)/t16-,22?,23-,27-/m1/s1. The number of aryl methyl sites for hydroxylation is 1. The smallest absolute Gasteiger partial charge is 0.416 e. The van der Waals surface area contributed by atoms with Crippen molar-refractivity contribution in [2.75, 3.05) is 20.7 Å². The summed E-state index contributed by atoms with van der Waals surface area (Å²) in [6.07, 6.45) is -9.66. The molecule has 4 rings (SSSR count). The van der Waals surface area contributed by atoms with E-state index in [0.29, 0.717) is 23.3 Å². The molecule has 2 heterocycles. The molecule has 1 N–H and O–H groups in total. The lowest BCUT2D eigenvalue weighted by molar-refractivity contribution is -0.143. The molecule has 7 nitrogen and oxygen atoms in total. The van der Waals surface area contributed by atoms with Gasteiger partial charge in [-0.25, -0.2) is 14.2 Å². The van der Waals surface area contributed by atoms with Crippen LogP contribution in [0.4, 0.5) is 35.5 Å². The lowest BCUT2D eigenvalue weighted by atomic mass is 9.77. The summed E-state index contributed by atoms with van der Waals surface area (Å²) < 4.78 is 100. The number of amides is 2. The Kier molecular flexibility index (Phi) is 8.46. The molecule has 14 heteroatoms. The van der Waals surface area contributed by atoms with Crippen LogP contribution in [0.2, 0.25) is 0 Å². The Morgan fingerprint density at radius 3 is 2.16 bits per heavy atom. The van der Waals surface area contributed by atoms with Gasteiger partial charge in [-0.05, 0) is 80.1 Å². The summed E-state index contributed by atoms with van der Waals surface area (Å²) in [6, 6.07) is 2.50. The van der Waals surface area contributed by atoms with Crippen LogP contribution in [0, 0.1) is 18.7 Å². The quantitative estimate of drug-likeness (QED) is 0.375. The molecule has 0 aromatic heterocycles. The van der Waals surface area contributed by atoms with Gasteiger partial charge in [0.15, 0.2) is 5.90 Å². The molecule has 0 radical (unpaired) electrons. The van der Waals surface area contributed by atoms with Crippen molar-refractivity contribution < 1.29 is 50.2 Å². The van der Waals surface area contributed by atoms with E-state index >= 15 is 0 Å². The van der Waals surface area contributed by atoms with Crippen LogP contribution >= 0.6 is 0 Å². The minimum Gasteiger partial charge on any atom is -0.484 e. The SMILES string of the molecule is COC1=N[C@]2(CCN(C(=O)N(C)[C@H](C)c3cc(C(F)(F)F)cc(C(F)(F)F)c3)[C@@H](c3ccc(F)cc3C)C2)CC1C(=O)O. The van der Waals surface area contributed by atoms with Crippen molar-refractivity contribution in [1.29, 1.82) is 0 Å².